The fourth-order valence-electron chi connectivity index (χ4n) is 3.09. The summed E-state index contributed by atoms with van der Waals surface area (Å²) in [4.78, 5) is 0. The van der Waals surface area contributed by atoms with E-state index in [0.717, 1.165) is 26.1 Å². The quantitative estimate of drug-likeness (QED) is 0.356. The van der Waals surface area contributed by atoms with Gasteiger partial charge in [0.05, 0.1) is 0 Å². The van der Waals surface area contributed by atoms with Gasteiger partial charge >= 0.3 is 0 Å². The summed E-state index contributed by atoms with van der Waals surface area (Å²) in [6.45, 7) is 0. The van der Waals surface area contributed by atoms with Crippen molar-refractivity contribution in [1.82, 2.24) is 0 Å². The number of hydrogen-bond acceptors (Lipinski definition) is 2. The summed E-state index contributed by atoms with van der Waals surface area (Å²) in [6.07, 6.45) is 0. The molecule has 4 heteroatoms. The third-order valence-electron chi connectivity index (χ3n) is 4.49. The standard InChI is InChI=1S/C24H18BrO2P/c25-19-11-13-20(14-12-19)27-21-15-17-24(18-16-21)28(26,22-7-3-1-4-8-22)23-9-5-2-6-10-23/h1-18H. The number of rotatable bonds is 5. The highest BCUT2D eigenvalue weighted by molar-refractivity contribution is 9.10. The van der Waals surface area contributed by atoms with Crippen molar-refractivity contribution in [2.45, 2.75) is 0 Å². The Kier molecular flexibility index (Phi) is 5.47. The maximum atomic E-state index is 14.3. The lowest BCUT2D eigenvalue weighted by atomic mass is 10.3. The van der Waals surface area contributed by atoms with Crippen molar-refractivity contribution in [1.29, 1.82) is 0 Å². The molecular formula is C24H18BrO2P. The van der Waals surface area contributed by atoms with Gasteiger partial charge in [-0.15, -0.1) is 0 Å². The molecule has 2 nitrogen and oxygen atoms in total. The van der Waals surface area contributed by atoms with Crippen LogP contribution in [0.3, 0.4) is 0 Å². The first-order valence-electron chi connectivity index (χ1n) is 8.91. The van der Waals surface area contributed by atoms with Crippen molar-refractivity contribution < 1.29 is 9.30 Å². The summed E-state index contributed by atoms with van der Waals surface area (Å²) in [7, 11) is -2.95. The van der Waals surface area contributed by atoms with E-state index >= 15 is 0 Å². The van der Waals surface area contributed by atoms with Gasteiger partial charge < -0.3 is 9.30 Å². The lowest BCUT2D eigenvalue weighted by Gasteiger charge is -2.20. The molecule has 4 aromatic rings. The summed E-state index contributed by atoms with van der Waals surface area (Å²) >= 11 is 3.42. The minimum Gasteiger partial charge on any atom is -0.457 e. The van der Waals surface area contributed by atoms with Gasteiger partial charge in [-0.3, -0.25) is 0 Å². The molecule has 0 spiro atoms. The van der Waals surface area contributed by atoms with E-state index < -0.39 is 7.14 Å². The summed E-state index contributed by atoms with van der Waals surface area (Å²) in [5.41, 5.74) is 0. The van der Waals surface area contributed by atoms with Crippen molar-refractivity contribution in [2.75, 3.05) is 0 Å². The minimum atomic E-state index is -2.95. The molecule has 0 fully saturated rings. The molecule has 0 radical (unpaired) electrons. The van der Waals surface area contributed by atoms with Gasteiger partial charge in [0, 0.05) is 20.4 Å². The van der Waals surface area contributed by atoms with Gasteiger partial charge in [0.25, 0.3) is 0 Å². The molecule has 0 saturated carbocycles. The molecule has 0 amide bonds. The molecule has 0 aliphatic rings. The predicted octanol–water partition coefficient (Wildman–Crippen LogP) is 5.88. The smallest absolute Gasteiger partial charge is 0.171 e. The van der Waals surface area contributed by atoms with Crippen LogP contribution in [0.5, 0.6) is 11.5 Å². The van der Waals surface area contributed by atoms with Crippen LogP contribution in [0.25, 0.3) is 0 Å². The zero-order valence-corrected chi connectivity index (χ0v) is 17.5. The normalized spacial score (nSPS) is 11.2. The Bertz CT molecular complexity index is 1050. The zero-order valence-electron chi connectivity index (χ0n) is 15.0. The van der Waals surface area contributed by atoms with Crippen LogP contribution in [0.4, 0.5) is 0 Å². The van der Waals surface area contributed by atoms with E-state index in [1.807, 2.05) is 109 Å². The Labute approximate surface area is 173 Å². The largest absolute Gasteiger partial charge is 0.457 e. The number of ether oxygens (including phenoxy) is 1. The van der Waals surface area contributed by atoms with Crippen LogP contribution in [-0.2, 0) is 4.57 Å². The monoisotopic (exact) mass is 448 g/mol. The average Bonchev–Trinajstić information content (AvgIpc) is 2.76. The predicted molar refractivity (Wildman–Crippen MR) is 120 cm³/mol. The Morgan fingerprint density at radius 1 is 0.536 bits per heavy atom. The summed E-state index contributed by atoms with van der Waals surface area (Å²) < 4.78 is 21.2. The molecule has 28 heavy (non-hydrogen) atoms. The summed E-state index contributed by atoms with van der Waals surface area (Å²) in [5, 5.41) is 2.43. The van der Waals surface area contributed by atoms with Gasteiger partial charge in [-0.2, -0.15) is 0 Å². The molecular weight excluding hydrogens is 431 g/mol. The van der Waals surface area contributed by atoms with Gasteiger partial charge in [0.1, 0.15) is 11.5 Å². The van der Waals surface area contributed by atoms with Crippen LogP contribution in [-0.4, -0.2) is 0 Å². The molecule has 4 aromatic carbocycles. The van der Waals surface area contributed by atoms with Crippen LogP contribution in [0.1, 0.15) is 0 Å². The molecule has 138 valence electrons. The first-order valence-corrected chi connectivity index (χ1v) is 11.4. The van der Waals surface area contributed by atoms with Gasteiger partial charge in [0.2, 0.25) is 0 Å². The molecule has 4 rings (SSSR count). The summed E-state index contributed by atoms with van der Waals surface area (Å²) in [5.74, 6) is 1.46. The van der Waals surface area contributed by atoms with Crippen LogP contribution in [0.2, 0.25) is 0 Å². The van der Waals surface area contributed by atoms with Gasteiger partial charge in [-0.1, -0.05) is 76.6 Å². The molecule has 0 bridgehead atoms. The average molecular weight is 449 g/mol. The maximum Gasteiger partial charge on any atom is 0.171 e. The molecule has 0 N–H and O–H groups in total. The van der Waals surface area contributed by atoms with Gasteiger partial charge in [-0.25, -0.2) is 0 Å². The van der Waals surface area contributed by atoms with Crippen LogP contribution < -0.4 is 20.7 Å². The molecule has 0 atom stereocenters. The lowest BCUT2D eigenvalue weighted by Crippen LogP contribution is -2.24. The van der Waals surface area contributed by atoms with E-state index in [0.29, 0.717) is 5.75 Å². The molecule has 0 heterocycles. The third kappa shape index (κ3) is 3.82. The Hall–Kier alpha value is -2.61. The van der Waals surface area contributed by atoms with E-state index in [1.54, 1.807) is 0 Å². The van der Waals surface area contributed by atoms with Crippen LogP contribution in [0, 0.1) is 0 Å². The molecule has 0 aliphatic carbocycles. The Morgan fingerprint density at radius 3 is 1.39 bits per heavy atom. The van der Waals surface area contributed by atoms with Gasteiger partial charge in [-0.05, 0) is 48.5 Å². The second-order valence-corrected chi connectivity index (χ2v) is 10.0. The van der Waals surface area contributed by atoms with E-state index in [2.05, 4.69) is 15.9 Å². The summed E-state index contributed by atoms with van der Waals surface area (Å²) in [6, 6.07) is 34.5. The van der Waals surface area contributed by atoms with Crippen molar-refractivity contribution in [3.8, 4) is 11.5 Å². The second kappa shape index (κ2) is 8.18. The second-order valence-electron chi connectivity index (χ2n) is 6.33. The third-order valence-corrected chi connectivity index (χ3v) is 8.09. The highest BCUT2D eigenvalue weighted by Gasteiger charge is 2.29. The Balaban J connectivity index is 1.71. The lowest BCUT2D eigenvalue weighted by molar-refractivity contribution is 0.483. The first-order chi connectivity index (χ1) is 13.7. The number of halogens is 1. The van der Waals surface area contributed by atoms with Crippen LogP contribution in [0.15, 0.2) is 114 Å². The first kappa shape index (κ1) is 18.7. The van der Waals surface area contributed by atoms with Crippen LogP contribution >= 0.6 is 23.1 Å². The molecule has 0 unspecified atom stereocenters. The van der Waals surface area contributed by atoms with Crippen molar-refractivity contribution in [2.24, 2.45) is 0 Å². The van der Waals surface area contributed by atoms with E-state index in [1.165, 1.54) is 0 Å². The van der Waals surface area contributed by atoms with E-state index in [4.69, 9.17) is 4.74 Å². The molecule has 0 saturated heterocycles. The topological polar surface area (TPSA) is 26.3 Å². The van der Waals surface area contributed by atoms with Crippen molar-refractivity contribution in [3.05, 3.63) is 114 Å². The zero-order chi connectivity index (χ0) is 19.4. The highest BCUT2D eigenvalue weighted by Crippen LogP contribution is 2.42. The van der Waals surface area contributed by atoms with E-state index in [9.17, 15) is 4.57 Å². The van der Waals surface area contributed by atoms with Crippen molar-refractivity contribution >= 4 is 39.0 Å². The SMILES string of the molecule is O=P(c1ccccc1)(c1ccccc1)c1ccc(Oc2ccc(Br)cc2)cc1. The molecule has 0 aliphatic heterocycles. The van der Waals surface area contributed by atoms with E-state index in [-0.39, 0.29) is 0 Å². The fraction of sp³-hybridized carbons (Fsp3) is 0. The highest BCUT2D eigenvalue weighted by atomic mass is 79.9. The molecule has 0 aromatic heterocycles. The minimum absolute atomic E-state index is 0.707. The van der Waals surface area contributed by atoms with Crippen molar-refractivity contribution in [3.63, 3.8) is 0 Å². The number of hydrogen-bond donors (Lipinski definition) is 0. The maximum absolute atomic E-state index is 14.3. The Morgan fingerprint density at radius 2 is 0.929 bits per heavy atom. The fourth-order valence-corrected chi connectivity index (χ4v) is 6.00. The number of benzene rings is 4. The van der Waals surface area contributed by atoms with Gasteiger partial charge in [0.15, 0.2) is 7.14 Å².